The molecule has 0 bridgehead atoms. The zero-order valence-electron chi connectivity index (χ0n) is 13.5. The van der Waals surface area contributed by atoms with Crippen LogP contribution in [0.5, 0.6) is 0 Å². The van der Waals surface area contributed by atoms with E-state index < -0.39 is 17.8 Å². The molecule has 3 heterocycles. The second-order valence-electron chi connectivity index (χ2n) is 6.20. The number of pyridine rings is 1. The van der Waals surface area contributed by atoms with Gasteiger partial charge in [-0.1, -0.05) is 0 Å². The Morgan fingerprint density at radius 3 is 2.92 bits per heavy atom. The molecule has 2 aromatic heterocycles. The Morgan fingerprint density at radius 2 is 2.24 bits per heavy atom. The number of amides is 1. The molecule has 1 atom stereocenters. The molecule has 0 radical (unpaired) electrons. The van der Waals surface area contributed by atoms with Crippen LogP contribution in [0.3, 0.4) is 0 Å². The molecule has 6 nitrogen and oxygen atoms in total. The summed E-state index contributed by atoms with van der Waals surface area (Å²) in [6, 6.07) is 1.34. The first kappa shape index (κ1) is 17.2. The monoisotopic (exact) mass is 354 g/mol. The highest BCUT2D eigenvalue weighted by molar-refractivity contribution is 5.93. The molecular formula is C16H17F3N4O2. The van der Waals surface area contributed by atoms with Gasteiger partial charge in [-0.2, -0.15) is 13.2 Å². The Labute approximate surface area is 141 Å². The van der Waals surface area contributed by atoms with Crippen molar-refractivity contribution in [2.75, 3.05) is 6.54 Å². The van der Waals surface area contributed by atoms with Gasteiger partial charge in [0.15, 0.2) is 11.1 Å². The second kappa shape index (κ2) is 6.38. The number of imidazole rings is 1. The van der Waals surface area contributed by atoms with E-state index in [0.717, 1.165) is 6.20 Å². The number of nitrogens with one attached hydrogen (secondary N) is 2. The van der Waals surface area contributed by atoms with Crippen molar-refractivity contribution >= 4 is 5.91 Å². The van der Waals surface area contributed by atoms with Crippen molar-refractivity contribution < 1.29 is 18.0 Å². The summed E-state index contributed by atoms with van der Waals surface area (Å²) in [5.74, 6) is -0.102. The maximum Gasteiger partial charge on any atom is 0.434 e. The van der Waals surface area contributed by atoms with Gasteiger partial charge in [-0.3, -0.25) is 9.59 Å². The number of hydrogen-bond donors (Lipinski definition) is 2. The first-order valence-corrected chi connectivity index (χ1v) is 7.85. The van der Waals surface area contributed by atoms with Gasteiger partial charge < -0.3 is 14.9 Å². The van der Waals surface area contributed by atoms with Crippen LogP contribution in [-0.4, -0.2) is 27.0 Å². The van der Waals surface area contributed by atoms with Crippen LogP contribution < -0.4 is 10.7 Å². The third kappa shape index (κ3) is 3.75. The molecule has 9 heteroatoms. The number of alkyl halides is 3. The van der Waals surface area contributed by atoms with Gasteiger partial charge in [0.1, 0.15) is 11.4 Å². The molecule has 0 aromatic carbocycles. The quantitative estimate of drug-likeness (QED) is 0.883. The van der Waals surface area contributed by atoms with E-state index in [-0.39, 0.29) is 23.5 Å². The Hall–Kier alpha value is -2.58. The Morgan fingerprint density at radius 1 is 1.48 bits per heavy atom. The zero-order valence-corrected chi connectivity index (χ0v) is 13.5. The Kier molecular flexibility index (Phi) is 4.40. The van der Waals surface area contributed by atoms with Crippen molar-refractivity contribution in [3.8, 4) is 0 Å². The van der Waals surface area contributed by atoms with E-state index in [1.807, 2.05) is 0 Å². The maximum atomic E-state index is 12.7. The number of fused-ring (bicyclic) bond motifs is 1. The van der Waals surface area contributed by atoms with Crippen LogP contribution in [-0.2, 0) is 19.1 Å². The summed E-state index contributed by atoms with van der Waals surface area (Å²) in [5, 5.41) is 2.68. The molecule has 2 aromatic rings. The molecule has 1 unspecified atom stereocenters. The van der Waals surface area contributed by atoms with Crippen LogP contribution in [0, 0.1) is 12.8 Å². The Balaban J connectivity index is 1.62. The van der Waals surface area contributed by atoms with Crippen molar-refractivity contribution in [1.29, 1.82) is 0 Å². The summed E-state index contributed by atoms with van der Waals surface area (Å²) in [7, 11) is 0. The van der Waals surface area contributed by atoms with E-state index in [0.29, 0.717) is 30.9 Å². The third-order valence-corrected chi connectivity index (χ3v) is 4.23. The zero-order chi connectivity index (χ0) is 18.2. The van der Waals surface area contributed by atoms with Gasteiger partial charge in [-0.05, 0) is 19.3 Å². The highest BCUT2D eigenvalue weighted by Gasteiger charge is 2.35. The number of rotatable bonds is 3. The number of aromatic nitrogens is 3. The van der Waals surface area contributed by atoms with Gasteiger partial charge in [0.05, 0.1) is 0 Å². The second-order valence-corrected chi connectivity index (χ2v) is 6.20. The van der Waals surface area contributed by atoms with E-state index in [9.17, 15) is 22.8 Å². The van der Waals surface area contributed by atoms with E-state index in [2.05, 4.69) is 15.3 Å². The minimum atomic E-state index is -4.46. The number of halogens is 3. The van der Waals surface area contributed by atoms with E-state index >= 15 is 0 Å². The Bertz CT molecular complexity index is 854. The average Bonchev–Trinajstić information content (AvgIpc) is 2.96. The van der Waals surface area contributed by atoms with Gasteiger partial charge in [0, 0.05) is 43.7 Å². The smallest absolute Gasteiger partial charge is 0.364 e. The van der Waals surface area contributed by atoms with Crippen LogP contribution in [0.4, 0.5) is 13.2 Å². The molecule has 1 aliphatic heterocycles. The molecule has 0 aliphatic carbocycles. The standard InChI is InChI=1S/C16H17F3N4O2/c1-9-4-12(24)11(6-20-9)15(25)21-5-10-2-3-14-22-13(16(17,18)19)8-23(14)7-10/h4,6,8,10H,2-3,5,7H2,1H3,(H,20,24)(H,21,25). The van der Waals surface area contributed by atoms with Gasteiger partial charge in [0.2, 0.25) is 0 Å². The molecule has 1 amide bonds. The summed E-state index contributed by atoms with van der Waals surface area (Å²) in [4.78, 5) is 30.3. The van der Waals surface area contributed by atoms with Gasteiger partial charge >= 0.3 is 6.18 Å². The largest absolute Gasteiger partial charge is 0.434 e. The predicted octanol–water partition coefficient (Wildman–Crippen LogP) is 1.89. The molecule has 25 heavy (non-hydrogen) atoms. The SMILES string of the molecule is Cc1cc(=O)c(C(=O)NCC2CCc3nc(C(F)(F)F)cn3C2)c[nH]1. The minimum Gasteiger partial charge on any atom is -0.364 e. The molecule has 3 rings (SSSR count). The van der Waals surface area contributed by atoms with Crippen molar-refractivity contribution in [2.45, 2.75) is 32.5 Å². The normalized spacial score (nSPS) is 17.2. The number of aryl methyl sites for hydroxylation is 2. The van der Waals surface area contributed by atoms with Crippen molar-refractivity contribution in [3.63, 3.8) is 0 Å². The van der Waals surface area contributed by atoms with Gasteiger partial charge in [-0.15, -0.1) is 0 Å². The van der Waals surface area contributed by atoms with Crippen molar-refractivity contribution in [2.24, 2.45) is 5.92 Å². The number of H-pyrrole nitrogens is 1. The molecular weight excluding hydrogens is 337 g/mol. The van der Waals surface area contributed by atoms with E-state index in [1.165, 1.54) is 16.8 Å². The summed E-state index contributed by atoms with van der Waals surface area (Å²) >= 11 is 0. The number of aromatic amines is 1. The topological polar surface area (TPSA) is 79.8 Å². The van der Waals surface area contributed by atoms with Crippen molar-refractivity contribution in [3.05, 3.63) is 51.5 Å². The van der Waals surface area contributed by atoms with E-state index in [1.54, 1.807) is 6.92 Å². The summed E-state index contributed by atoms with van der Waals surface area (Å²) in [6.45, 7) is 2.34. The maximum absolute atomic E-state index is 12.7. The third-order valence-electron chi connectivity index (χ3n) is 4.23. The highest BCUT2D eigenvalue weighted by atomic mass is 19.4. The molecule has 0 saturated heterocycles. The van der Waals surface area contributed by atoms with Crippen LogP contribution in [0.15, 0.2) is 23.3 Å². The first-order valence-electron chi connectivity index (χ1n) is 7.85. The lowest BCUT2D eigenvalue weighted by atomic mass is 9.99. The lowest BCUT2D eigenvalue weighted by molar-refractivity contribution is -0.141. The fourth-order valence-corrected chi connectivity index (χ4v) is 2.90. The number of carbonyl (C=O) groups excluding carboxylic acids is 1. The number of nitrogens with zero attached hydrogens (tertiary/aromatic N) is 2. The van der Waals surface area contributed by atoms with Crippen LogP contribution in [0.25, 0.3) is 0 Å². The summed E-state index contributed by atoms with van der Waals surface area (Å²) < 4.78 is 39.6. The predicted molar refractivity (Wildman–Crippen MR) is 83.2 cm³/mol. The molecule has 0 spiro atoms. The molecule has 0 saturated carbocycles. The fraction of sp³-hybridized carbons (Fsp3) is 0.438. The first-order chi connectivity index (χ1) is 11.7. The van der Waals surface area contributed by atoms with Crippen LogP contribution in [0.2, 0.25) is 0 Å². The number of hydrogen-bond acceptors (Lipinski definition) is 3. The molecule has 1 aliphatic rings. The molecule has 0 fully saturated rings. The average molecular weight is 354 g/mol. The summed E-state index contributed by atoms with van der Waals surface area (Å²) in [6.07, 6.45) is -1.05. The molecule has 2 N–H and O–H groups in total. The highest BCUT2D eigenvalue weighted by Crippen LogP contribution is 2.30. The van der Waals surface area contributed by atoms with Gasteiger partial charge in [0.25, 0.3) is 5.91 Å². The lowest BCUT2D eigenvalue weighted by Crippen LogP contribution is -2.35. The fourth-order valence-electron chi connectivity index (χ4n) is 2.90. The minimum absolute atomic E-state index is 0.0173. The summed E-state index contributed by atoms with van der Waals surface area (Å²) in [5.41, 5.74) is -0.589. The van der Waals surface area contributed by atoms with Crippen LogP contribution >= 0.6 is 0 Å². The lowest BCUT2D eigenvalue weighted by Gasteiger charge is -2.23. The molecule has 134 valence electrons. The van der Waals surface area contributed by atoms with Gasteiger partial charge in [-0.25, -0.2) is 4.98 Å². The van der Waals surface area contributed by atoms with Crippen LogP contribution in [0.1, 0.15) is 34.0 Å². The van der Waals surface area contributed by atoms with E-state index in [4.69, 9.17) is 0 Å². The number of carbonyl (C=O) groups is 1. The van der Waals surface area contributed by atoms with Crippen molar-refractivity contribution in [1.82, 2.24) is 19.9 Å².